The van der Waals surface area contributed by atoms with Gasteiger partial charge in [0.05, 0.1) is 0 Å². The van der Waals surface area contributed by atoms with Crippen LogP contribution in [-0.4, -0.2) is 37.2 Å². The van der Waals surface area contributed by atoms with Gasteiger partial charge in [0.25, 0.3) is 0 Å². The predicted molar refractivity (Wildman–Crippen MR) is 261 cm³/mol. The highest BCUT2D eigenvalue weighted by Crippen LogP contribution is 2.15. The van der Waals surface area contributed by atoms with E-state index in [-0.39, 0.29) is 31.1 Å². The molecule has 0 N–H and O–H groups in total. The van der Waals surface area contributed by atoms with Gasteiger partial charge in [-0.2, -0.15) is 0 Å². The smallest absolute Gasteiger partial charge is 0.306 e. The molecule has 0 aromatic rings. The zero-order valence-electron chi connectivity index (χ0n) is 40.2. The van der Waals surface area contributed by atoms with E-state index in [1.165, 1.54) is 122 Å². The molecule has 1 atom stereocenters. The summed E-state index contributed by atoms with van der Waals surface area (Å²) in [6, 6.07) is 0. The Morgan fingerprint density at radius 2 is 0.623 bits per heavy atom. The molecule has 6 heteroatoms. The van der Waals surface area contributed by atoms with Gasteiger partial charge in [-0.3, -0.25) is 14.4 Å². The number of ether oxygens (including phenoxy) is 3. The molecule has 0 bridgehead atoms. The first-order valence-electron chi connectivity index (χ1n) is 25.8. The minimum absolute atomic E-state index is 0.0849. The van der Waals surface area contributed by atoms with Crippen molar-refractivity contribution >= 4 is 17.9 Å². The van der Waals surface area contributed by atoms with E-state index >= 15 is 0 Å². The third-order valence-corrected chi connectivity index (χ3v) is 11.1. The van der Waals surface area contributed by atoms with Crippen LogP contribution in [0.1, 0.15) is 252 Å². The number of hydrogen-bond acceptors (Lipinski definition) is 6. The molecule has 0 saturated heterocycles. The molecule has 0 rings (SSSR count). The van der Waals surface area contributed by atoms with Crippen molar-refractivity contribution in [1.82, 2.24) is 0 Å². The van der Waals surface area contributed by atoms with Crippen molar-refractivity contribution in [2.24, 2.45) is 0 Å². The molecule has 0 amide bonds. The van der Waals surface area contributed by atoms with Crippen LogP contribution in [0.5, 0.6) is 0 Å². The van der Waals surface area contributed by atoms with Crippen LogP contribution in [0.25, 0.3) is 0 Å². The van der Waals surface area contributed by atoms with Crippen molar-refractivity contribution in [3.63, 3.8) is 0 Å². The van der Waals surface area contributed by atoms with Crippen molar-refractivity contribution in [3.8, 4) is 0 Å². The summed E-state index contributed by atoms with van der Waals surface area (Å²) in [4.78, 5) is 37.9. The summed E-state index contributed by atoms with van der Waals surface area (Å²) >= 11 is 0. The number of unbranched alkanes of at least 4 members (excludes halogenated alkanes) is 28. The summed E-state index contributed by atoms with van der Waals surface area (Å²) in [7, 11) is 0. The third kappa shape index (κ3) is 48.0. The number of hydrogen-bond donors (Lipinski definition) is 0. The second kappa shape index (κ2) is 49.8. The highest BCUT2D eigenvalue weighted by molar-refractivity contribution is 5.71. The van der Waals surface area contributed by atoms with Gasteiger partial charge < -0.3 is 14.2 Å². The number of rotatable bonds is 46. The Labute approximate surface area is 377 Å². The van der Waals surface area contributed by atoms with Crippen LogP contribution in [0.3, 0.4) is 0 Å². The second-order valence-corrected chi connectivity index (χ2v) is 17.2. The maximum atomic E-state index is 12.8. The van der Waals surface area contributed by atoms with Crippen LogP contribution < -0.4 is 0 Å². The van der Waals surface area contributed by atoms with Gasteiger partial charge in [0.1, 0.15) is 13.2 Å². The molecule has 0 aliphatic rings. The molecule has 61 heavy (non-hydrogen) atoms. The lowest BCUT2D eigenvalue weighted by Crippen LogP contribution is -2.30. The first kappa shape index (κ1) is 58.1. The number of esters is 3. The van der Waals surface area contributed by atoms with Gasteiger partial charge in [-0.1, -0.05) is 229 Å². The molecule has 0 aliphatic heterocycles. The highest BCUT2D eigenvalue weighted by atomic mass is 16.6. The molecule has 0 radical (unpaired) electrons. The molecule has 6 nitrogen and oxygen atoms in total. The summed E-state index contributed by atoms with van der Waals surface area (Å²) in [5.41, 5.74) is 0. The Hall–Kier alpha value is -2.89. The molecule has 1 unspecified atom stereocenters. The van der Waals surface area contributed by atoms with Crippen molar-refractivity contribution in [2.75, 3.05) is 13.2 Å². The summed E-state index contributed by atoms with van der Waals surface area (Å²) in [5, 5.41) is 0. The van der Waals surface area contributed by atoms with Crippen LogP contribution in [0.2, 0.25) is 0 Å². The van der Waals surface area contributed by atoms with Crippen molar-refractivity contribution < 1.29 is 28.6 Å². The minimum atomic E-state index is -0.784. The number of allylic oxidation sites excluding steroid dienone is 10. The third-order valence-electron chi connectivity index (χ3n) is 11.1. The van der Waals surface area contributed by atoms with E-state index < -0.39 is 6.10 Å². The average Bonchev–Trinajstić information content (AvgIpc) is 3.26. The van der Waals surface area contributed by atoms with E-state index in [2.05, 4.69) is 81.5 Å². The Morgan fingerprint density at radius 3 is 1.05 bits per heavy atom. The van der Waals surface area contributed by atoms with E-state index in [4.69, 9.17) is 14.2 Å². The molecule has 0 aromatic heterocycles. The Bertz CT molecular complexity index is 1120. The van der Waals surface area contributed by atoms with Crippen LogP contribution in [-0.2, 0) is 28.6 Å². The minimum Gasteiger partial charge on any atom is -0.462 e. The molecule has 0 aliphatic carbocycles. The van der Waals surface area contributed by atoms with Gasteiger partial charge in [-0.15, -0.1) is 0 Å². The lowest BCUT2D eigenvalue weighted by atomic mass is 10.0. The fraction of sp³-hybridized carbons (Fsp3) is 0.764. The van der Waals surface area contributed by atoms with Gasteiger partial charge >= 0.3 is 17.9 Å². The van der Waals surface area contributed by atoms with E-state index in [9.17, 15) is 14.4 Å². The summed E-state index contributed by atoms with van der Waals surface area (Å²) in [5.74, 6) is -0.912. The van der Waals surface area contributed by atoms with Gasteiger partial charge in [0.2, 0.25) is 0 Å². The zero-order valence-corrected chi connectivity index (χ0v) is 40.2. The maximum absolute atomic E-state index is 12.8. The zero-order chi connectivity index (χ0) is 44.4. The van der Waals surface area contributed by atoms with E-state index in [1.807, 2.05) is 0 Å². The first-order valence-corrected chi connectivity index (χ1v) is 25.8. The second-order valence-electron chi connectivity index (χ2n) is 17.2. The van der Waals surface area contributed by atoms with Gasteiger partial charge in [-0.25, -0.2) is 0 Å². The standard InChI is InChI=1S/C55H96O6/c1-4-7-10-13-16-19-22-24-26-27-28-29-31-33-36-39-42-45-48-54(57)60-51-52(50-59-53(56)47-44-41-38-35-32-21-18-15-12-9-6-3)61-55(58)49-46-43-40-37-34-30-25-23-20-17-14-11-8-5-2/h15-16,18-19,22,24,26-29,52H,4-14,17,20-21,23,25,30-51H2,1-3H3/b18-15-,19-16-,24-22-,27-26-,29-28-. The van der Waals surface area contributed by atoms with Gasteiger partial charge in [0.15, 0.2) is 6.10 Å². The summed E-state index contributed by atoms with van der Waals surface area (Å²) in [6.07, 6.45) is 60.5. The van der Waals surface area contributed by atoms with Crippen LogP contribution in [0.4, 0.5) is 0 Å². The molecule has 0 fully saturated rings. The van der Waals surface area contributed by atoms with Gasteiger partial charge in [0, 0.05) is 19.3 Å². The molecule has 0 aromatic carbocycles. The molecule has 352 valence electrons. The Morgan fingerprint density at radius 1 is 0.328 bits per heavy atom. The fourth-order valence-electron chi connectivity index (χ4n) is 7.14. The van der Waals surface area contributed by atoms with Crippen molar-refractivity contribution in [3.05, 3.63) is 60.8 Å². The number of carbonyl (C=O) groups is 3. The average molecular weight is 853 g/mol. The predicted octanol–water partition coefficient (Wildman–Crippen LogP) is 16.9. The lowest BCUT2D eigenvalue weighted by molar-refractivity contribution is -0.167. The molecular formula is C55H96O6. The monoisotopic (exact) mass is 853 g/mol. The Kier molecular flexibility index (Phi) is 47.4. The largest absolute Gasteiger partial charge is 0.462 e. The van der Waals surface area contributed by atoms with E-state index in [0.717, 1.165) is 89.9 Å². The quantitative estimate of drug-likeness (QED) is 0.0200. The molecular weight excluding hydrogens is 757 g/mol. The lowest BCUT2D eigenvalue weighted by Gasteiger charge is -2.18. The molecule has 0 heterocycles. The SMILES string of the molecule is CCCC/C=C\CCCCCCCC(=O)OCC(COC(=O)CCCCCCC\C=C/C=C\C=C/C=C\CCCCC)OC(=O)CCCCCCCCCCCCCCCC. The summed E-state index contributed by atoms with van der Waals surface area (Å²) < 4.78 is 16.8. The van der Waals surface area contributed by atoms with E-state index in [0.29, 0.717) is 19.3 Å². The maximum Gasteiger partial charge on any atom is 0.306 e. The number of carbonyl (C=O) groups excluding carboxylic acids is 3. The van der Waals surface area contributed by atoms with Gasteiger partial charge in [-0.05, 0) is 64.2 Å². The van der Waals surface area contributed by atoms with Crippen LogP contribution >= 0.6 is 0 Å². The van der Waals surface area contributed by atoms with Crippen LogP contribution in [0, 0.1) is 0 Å². The fourth-order valence-corrected chi connectivity index (χ4v) is 7.14. The normalized spacial score (nSPS) is 12.5. The van der Waals surface area contributed by atoms with E-state index in [1.54, 1.807) is 0 Å². The highest BCUT2D eigenvalue weighted by Gasteiger charge is 2.19. The Balaban J connectivity index is 4.41. The molecule has 0 spiro atoms. The van der Waals surface area contributed by atoms with Crippen molar-refractivity contribution in [2.45, 2.75) is 258 Å². The van der Waals surface area contributed by atoms with Crippen LogP contribution in [0.15, 0.2) is 60.8 Å². The molecule has 0 saturated carbocycles. The first-order chi connectivity index (χ1) is 30.0. The van der Waals surface area contributed by atoms with Crippen molar-refractivity contribution in [1.29, 1.82) is 0 Å². The topological polar surface area (TPSA) is 78.9 Å². The summed E-state index contributed by atoms with van der Waals surface area (Å²) in [6.45, 7) is 6.54.